The molecule has 0 heterocycles. The molecule has 0 aromatic heterocycles. The first-order valence-electron chi connectivity index (χ1n) is 6.26. The smallest absolute Gasteiger partial charge is 0.256 e. The van der Waals surface area contributed by atoms with E-state index in [1.54, 1.807) is 30.2 Å². The second-order valence-corrected chi connectivity index (χ2v) is 4.31. The third-order valence-corrected chi connectivity index (χ3v) is 3.33. The molecule has 1 rings (SSSR count). The molecule has 0 saturated carbocycles. The number of anilines is 1. The van der Waals surface area contributed by atoms with Crippen molar-refractivity contribution in [3.05, 3.63) is 23.8 Å². The molecule has 2 N–H and O–H groups in total. The molecule has 0 aliphatic rings. The number of hydrogen-bond acceptors (Lipinski definition) is 3. The van der Waals surface area contributed by atoms with Crippen molar-refractivity contribution in [1.82, 2.24) is 4.90 Å². The van der Waals surface area contributed by atoms with Crippen LogP contribution in [-0.2, 0) is 0 Å². The molecule has 0 atom stereocenters. The second-order valence-electron chi connectivity index (χ2n) is 4.31. The predicted molar refractivity (Wildman–Crippen MR) is 73.9 cm³/mol. The van der Waals surface area contributed by atoms with Gasteiger partial charge in [-0.15, -0.1) is 0 Å². The van der Waals surface area contributed by atoms with Crippen molar-refractivity contribution in [2.45, 2.75) is 32.7 Å². The Kier molecular flexibility index (Phi) is 5.01. The Labute approximate surface area is 109 Å². The number of nitrogens with two attached hydrogens (primary N) is 1. The number of nitrogens with zero attached hydrogens (tertiary/aromatic N) is 1. The van der Waals surface area contributed by atoms with Gasteiger partial charge in [0.1, 0.15) is 5.75 Å². The molecule has 1 aromatic rings. The van der Waals surface area contributed by atoms with Crippen LogP contribution in [0.3, 0.4) is 0 Å². The van der Waals surface area contributed by atoms with E-state index in [0.717, 1.165) is 12.8 Å². The van der Waals surface area contributed by atoms with E-state index in [1.807, 2.05) is 7.05 Å². The van der Waals surface area contributed by atoms with Gasteiger partial charge in [0, 0.05) is 13.1 Å². The van der Waals surface area contributed by atoms with E-state index in [0.29, 0.717) is 17.0 Å². The minimum atomic E-state index is -0.0555. The highest BCUT2D eigenvalue weighted by molar-refractivity contribution is 6.00. The van der Waals surface area contributed by atoms with Crippen molar-refractivity contribution in [3.63, 3.8) is 0 Å². The fourth-order valence-corrected chi connectivity index (χ4v) is 2.10. The lowest BCUT2D eigenvalue weighted by Crippen LogP contribution is -2.36. The molecular formula is C14H22N2O2. The molecule has 4 heteroatoms. The molecule has 100 valence electrons. The second kappa shape index (κ2) is 6.28. The van der Waals surface area contributed by atoms with Gasteiger partial charge in [-0.3, -0.25) is 4.79 Å². The molecule has 0 aliphatic carbocycles. The summed E-state index contributed by atoms with van der Waals surface area (Å²) in [7, 11) is 3.36. The summed E-state index contributed by atoms with van der Waals surface area (Å²) in [6, 6.07) is 5.51. The van der Waals surface area contributed by atoms with E-state index in [2.05, 4.69) is 13.8 Å². The standard InChI is InChI=1S/C14H22N2O2/c1-5-10(6-2)16(3)14(17)11-8-7-9-12(18-4)13(11)15/h7-10H,5-6,15H2,1-4H3. The Hall–Kier alpha value is -1.71. The summed E-state index contributed by atoms with van der Waals surface area (Å²) in [5, 5.41) is 0. The summed E-state index contributed by atoms with van der Waals surface area (Å²) in [6.07, 6.45) is 1.87. The van der Waals surface area contributed by atoms with E-state index < -0.39 is 0 Å². The van der Waals surface area contributed by atoms with E-state index in [1.165, 1.54) is 0 Å². The zero-order valence-electron chi connectivity index (χ0n) is 11.6. The van der Waals surface area contributed by atoms with Crippen molar-refractivity contribution in [2.75, 3.05) is 19.9 Å². The normalized spacial score (nSPS) is 10.5. The van der Waals surface area contributed by atoms with E-state index in [4.69, 9.17) is 10.5 Å². The van der Waals surface area contributed by atoms with Gasteiger partial charge in [-0.25, -0.2) is 0 Å². The van der Waals surface area contributed by atoms with Crippen LogP contribution in [0.1, 0.15) is 37.0 Å². The van der Waals surface area contributed by atoms with E-state index in [-0.39, 0.29) is 11.9 Å². The quantitative estimate of drug-likeness (QED) is 0.817. The maximum absolute atomic E-state index is 12.4. The molecule has 0 unspecified atom stereocenters. The summed E-state index contributed by atoms with van der Waals surface area (Å²) in [5.41, 5.74) is 6.85. The van der Waals surface area contributed by atoms with Crippen LogP contribution in [0.25, 0.3) is 0 Å². The number of carbonyl (C=O) groups excluding carboxylic acids is 1. The average molecular weight is 250 g/mol. The van der Waals surface area contributed by atoms with Crippen molar-refractivity contribution >= 4 is 11.6 Å². The molecule has 4 nitrogen and oxygen atoms in total. The Morgan fingerprint density at radius 1 is 1.39 bits per heavy atom. The highest BCUT2D eigenvalue weighted by Crippen LogP contribution is 2.26. The number of benzene rings is 1. The van der Waals surface area contributed by atoms with Crippen molar-refractivity contribution in [3.8, 4) is 5.75 Å². The molecule has 0 bridgehead atoms. The lowest BCUT2D eigenvalue weighted by atomic mass is 10.1. The van der Waals surface area contributed by atoms with Gasteiger partial charge < -0.3 is 15.4 Å². The van der Waals surface area contributed by atoms with Crippen molar-refractivity contribution in [1.29, 1.82) is 0 Å². The molecular weight excluding hydrogens is 228 g/mol. The predicted octanol–water partition coefficient (Wildman–Crippen LogP) is 2.54. The summed E-state index contributed by atoms with van der Waals surface area (Å²) in [5.74, 6) is 0.485. The van der Waals surface area contributed by atoms with Gasteiger partial charge in [-0.05, 0) is 25.0 Å². The number of nitrogen functional groups attached to an aromatic ring is 1. The fourth-order valence-electron chi connectivity index (χ4n) is 2.10. The maximum Gasteiger partial charge on any atom is 0.256 e. The topological polar surface area (TPSA) is 55.6 Å². The number of ether oxygens (including phenoxy) is 1. The van der Waals surface area contributed by atoms with Crippen molar-refractivity contribution in [2.24, 2.45) is 0 Å². The van der Waals surface area contributed by atoms with Gasteiger partial charge >= 0.3 is 0 Å². The Morgan fingerprint density at radius 2 is 2.00 bits per heavy atom. The highest BCUT2D eigenvalue weighted by Gasteiger charge is 2.21. The summed E-state index contributed by atoms with van der Waals surface area (Å²) in [4.78, 5) is 14.1. The number of carbonyl (C=O) groups is 1. The third kappa shape index (κ3) is 2.75. The number of methoxy groups -OCH3 is 1. The lowest BCUT2D eigenvalue weighted by molar-refractivity contribution is 0.0724. The van der Waals surface area contributed by atoms with Crippen LogP contribution in [-0.4, -0.2) is 31.0 Å². The van der Waals surface area contributed by atoms with E-state index >= 15 is 0 Å². The third-order valence-electron chi connectivity index (χ3n) is 3.33. The zero-order valence-corrected chi connectivity index (χ0v) is 11.6. The molecule has 0 radical (unpaired) electrons. The summed E-state index contributed by atoms with van der Waals surface area (Å²) < 4.78 is 5.13. The van der Waals surface area contributed by atoms with Crippen LogP contribution >= 0.6 is 0 Å². The molecule has 1 aromatic carbocycles. The molecule has 18 heavy (non-hydrogen) atoms. The molecule has 0 aliphatic heterocycles. The summed E-state index contributed by atoms with van der Waals surface area (Å²) >= 11 is 0. The van der Waals surface area contributed by atoms with Gasteiger partial charge in [0.25, 0.3) is 5.91 Å². The molecule has 0 saturated heterocycles. The van der Waals surface area contributed by atoms with Crippen LogP contribution in [0, 0.1) is 0 Å². The first kappa shape index (κ1) is 14.4. The number of para-hydroxylation sites is 1. The number of rotatable bonds is 5. The fraction of sp³-hybridized carbons (Fsp3) is 0.500. The van der Waals surface area contributed by atoms with Crippen LogP contribution in [0.2, 0.25) is 0 Å². The lowest BCUT2D eigenvalue weighted by Gasteiger charge is -2.27. The van der Waals surface area contributed by atoms with Crippen LogP contribution in [0.15, 0.2) is 18.2 Å². The zero-order chi connectivity index (χ0) is 13.7. The summed E-state index contributed by atoms with van der Waals surface area (Å²) in [6.45, 7) is 4.15. The van der Waals surface area contributed by atoms with Gasteiger partial charge in [0.15, 0.2) is 0 Å². The molecule has 0 spiro atoms. The van der Waals surface area contributed by atoms with Gasteiger partial charge in [0.05, 0.1) is 18.4 Å². The molecule has 1 amide bonds. The minimum absolute atomic E-state index is 0.0555. The first-order valence-corrected chi connectivity index (χ1v) is 6.26. The van der Waals surface area contributed by atoms with Crippen molar-refractivity contribution < 1.29 is 9.53 Å². The van der Waals surface area contributed by atoms with E-state index in [9.17, 15) is 4.79 Å². The Balaban J connectivity index is 3.03. The number of amides is 1. The van der Waals surface area contributed by atoms with Gasteiger partial charge in [-0.1, -0.05) is 19.9 Å². The Bertz CT molecular complexity index is 414. The van der Waals surface area contributed by atoms with Gasteiger partial charge in [-0.2, -0.15) is 0 Å². The maximum atomic E-state index is 12.4. The largest absolute Gasteiger partial charge is 0.495 e. The first-order chi connectivity index (χ1) is 8.56. The highest BCUT2D eigenvalue weighted by atomic mass is 16.5. The Morgan fingerprint density at radius 3 is 2.50 bits per heavy atom. The average Bonchev–Trinajstić information content (AvgIpc) is 2.39. The van der Waals surface area contributed by atoms with Crippen LogP contribution in [0.5, 0.6) is 5.75 Å². The van der Waals surface area contributed by atoms with Crippen LogP contribution in [0.4, 0.5) is 5.69 Å². The minimum Gasteiger partial charge on any atom is -0.495 e. The van der Waals surface area contributed by atoms with Gasteiger partial charge in [0.2, 0.25) is 0 Å². The monoisotopic (exact) mass is 250 g/mol. The molecule has 0 fully saturated rings. The SMILES string of the molecule is CCC(CC)N(C)C(=O)c1cccc(OC)c1N. The van der Waals surface area contributed by atoms with Crippen LogP contribution < -0.4 is 10.5 Å². The number of hydrogen-bond donors (Lipinski definition) is 1.